The number of nitrogens with two attached hydrogens (primary N) is 2. The molecule has 2 aromatic rings. The van der Waals surface area contributed by atoms with Crippen molar-refractivity contribution in [3.05, 3.63) is 36.4 Å². The van der Waals surface area contributed by atoms with E-state index in [1.807, 2.05) is 0 Å². The first-order chi connectivity index (χ1) is 9.45. The van der Waals surface area contributed by atoms with Gasteiger partial charge in [0.15, 0.2) is 0 Å². The third kappa shape index (κ3) is 3.97. The van der Waals surface area contributed by atoms with Gasteiger partial charge < -0.3 is 16.0 Å². The number of aryl methyl sites for hydroxylation is 1. The number of nitrogen functional groups attached to an aromatic ring is 1. The van der Waals surface area contributed by atoms with Gasteiger partial charge in [-0.3, -0.25) is 0 Å². The number of H-pyrrole nitrogens is 1. The largest absolute Gasteiger partial charge is 0.399 e. The molecule has 0 aliphatic heterocycles. The summed E-state index contributed by atoms with van der Waals surface area (Å²) in [6.45, 7) is 0.675. The van der Waals surface area contributed by atoms with E-state index in [0.29, 0.717) is 17.9 Å². The zero-order chi connectivity index (χ0) is 14.6. The number of benzene rings is 1. The lowest BCUT2D eigenvalue weighted by molar-refractivity contribution is 0.598. The number of hydrogen-bond acceptors (Lipinski definition) is 5. The second-order valence-corrected chi connectivity index (χ2v) is 5.96. The van der Waals surface area contributed by atoms with Crippen molar-refractivity contribution in [3.63, 3.8) is 0 Å². The molecule has 2 rings (SSSR count). The minimum Gasteiger partial charge on any atom is -0.399 e. The van der Waals surface area contributed by atoms with Gasteiger partial charge in [-0.1, -0.05) is 0 Å². The Bertz CT molecular complexity index is 667. The van der Waals surface area contributed by atoms with Gasteiger partial charge in [-0.2, -0.15) is 0 Å². The molecular formula is C12H17N5O2S. The highest BCUT2D eigenvalue weighted by Crippen LogP contribution is 2.19. The van der Waals surface area contributed by atoms with E-state index in [1.54, 1.807) is 18.5 Å². The molecular weight excluding hydrogens is 278 g/mol. The number of nitrogens with one attached hydrogen (secondary N) is 2. The molecule has 0 atom stereocenters. The molecule has 0 fully saturated rings. The van der Waals surface area contributed by atoms with E-state index in [-0.39, 0.29) is 4.90 Å². The summed E-state index contributed by atoms with van der Waals surface area (Å²) < 4.78 is 22.6. The summed E-state index contributed by atoms with van der Waals surface area (Å²) in [5.41, 5.74) is 6.65. The van der Waals surface area contributed by atoms with Crippen LogP contribution >= 0.6 is 0 Å². The van der Waals surface area contributed by atoms with Crippen LogP contribution in [-0.2, 0) is 16.4 Å². The van der Waals surface area contributed by atoms with Gasteiger partial charge in [0.25, 0.3) is 0 Å². The van der Waals surface area contributed by atoms with E-state index in [4.69, 9.17) is 10.9 Å². The summed E-state index contributed by atoms with van der Waals surface area (Å²) in [5.74, 6) is 0.921. The lowest BCUT2D eigenvalue weighted by atomic mass is 10.2. The smallest absolute Gasteiger partial charge is 0.238 e. The summed E-state index contributed by atoms with van der Waals surface area (Å²) in [4.78, 5) is 7.15. The average Bonchev–Trinajstić information content (AvgIpc) is 2.86. The number of aromatic nitrogens is 2. The Balaban J connectivity index is 1.94. The van der Waals surface area contributed by atoms with Crippen molar-refractivity contribution < 1.29 is 8.42 Å². The highest BCUT2D eigenvalue weighted by molar-refractivity contribution is 7.89. The summed E-state index contributed by atoms with van der Waals surface area (Å²) in [7, 11) is -3.75. The Labute approximate surface area is 117 Å². The fraction of sp³-hybridized carbons (Fsp3) is 0.250. The number of primary sulfonamides is 1. The summed E-state index contributed by atoms with van der Waals surface area (Å²) in [6, 6.07) is 4.48. The van der Waals surface area contributed by atoms with Crippen LogP contribution in [0.3, 0.4) is 0 Å². The van der Waals surface area contributed by atoms with Crippen LogP contribution < -0.4 is 16.2 Å². The van der Waals surface area contributed by atoms with Gasteiger partial charge in [0.05, 0.1) is 4.90 Å². The third-order valence-electron chi connectivity index (χ3n) is 2.73. The van der Waals surface area contributed by atoms with Gasteiger partial charge >= 0.3 is 0 Å². The number of imidazole rings is 1. The maximum Gasteiger partial charge on any atom is 0.238 e. The first-order valence-corrected chi connectivity index (χ1v) is 7.65. The normalized spacial score (nSPS) is 11.4. The summed E-state index contributed by atoms with van der Waals surface area (Å²) in [5, 5.41) is 8.21. The topological polar surface area (TPSA) is 127 Å². The van der Waals surface area contributed by atoms with Crippen LogP contribution in [0.25, 0.3) is 0 Å². The van der Waals surface area contributed by atoms with Crippen LogP contribution in [0.4, 0.5) is 11.4 Å². The van der Waals surface area contributed by atoms with E-state index in [2.05, 4.69) is 15.3 Å². The number of nitrogens with zero attached hydrogens (tertiary/aromatic N) is 1. The molecule has 0 bridgehead atoms. The molecule has 7 nitrogen and oxygen atoms in total. The van der Waals surface area contributed by atoms with Gasteiger partial charge in [0.1, 0.15) is 5.82 Å². The molecule has 0 radical (unpaired) electrons. The second kappa shape index (κ2) is 5.93. The Morgan fingerprint density at radius 3 is 2.75 bits per heavy atom. The number of hydrogen-bond donors (Lipinski definition) is 4. The van der Waals surface area contributed by atoms with Crippen molar-refractivity contribution in [2.75, 3.05) is 17.6 Å². The molecule has 1 aromatic carbocycles. The van der Waals surface area contributed by atoms with Crippen LogP contribution in [0.5, 0.6) is 0 Å². The SMILES string of the molecule is Nc1cc(NCCCc2ncc[nH]2)cc(S(N)(=O)=O)c1. The van der Waals surface area contributed by atoms with E-state index < -0.39 is 10.0 Å². The van der Waals surface area contributed by atoms with Gasteiger partial charge in [0.2, 0.25) is 10.0 Å². The van der Waals surface area contributed by atoms with Crippen molar-refractivity contribution >= 4 is 21.4 Å². The van der Waals surface area contributed by atoms with Crippen LogP contribution in [-0.4, -0.2) is 24.9 Å². The molecule has 1 aromatic heterocycles. The average molecular weight is 295 g/mol. The number of anilines is 2. The molecule has 0 spiro atoms. The Morgan fingerprint density at radius 1 is 1.30 bits per heavy atom. The van der Waals surface area contributed by atoms with Crippen LogP contribution in [0.1, 0.15) is 12.2 Å². The molecule has 8 heteroatoms. The van der Waals surface area contributed by atoms with Crippen molar-refractivity contribution in [2.24, 2.45) is 5.14 Å². The van der Waals surface area contributed by atoms with Crippen molar-refractivity contribution in [1.29, 1.82) is 0 Å². The lowest BCUT2D eigenvalue weighted by Crippen LogP contribution is -2.13. The van der Waals surface area contributed by atoms with Crippen LogP contribution in [0.15, 0.2) is 35.5 Å². The van der Waals surface area contributed by atoms with Crippen LogP contribution in [0.2, 0.25) is 0 Å². The molecule has 0 saturated carbocycles. The second-order valence-electron chi connectivity index (χ2n) is 4.40. The molecule has 0 saturated heterocycles. The van der Waals surface area contributed by atoms with Gasteiger partial charge in [-0.25, -0.2) is 18.5 Å². The van der Waals surface area contributed by atoms with Gasteiger partial charge in [-0.15, -0.1) is 0 Å². The molecule has 0 amide bonds. The fourth-order valence-electron chi connectivity index (χ4n) is 1.81. The maximum absolute atomic E-state index is 11.3. The summed E-state index contributed by atoms with van der Waals surface area (Å²) in [6.07, 6.45) is 5.15. The Hall–Kier alpha value is -2.06. The molecule has 1 heterocycles. The maximum atomic E-state index is 11.3. The van der Waals surface area contributed by atoms with Gasteiger partial charge in [-0.05, 0) is 24.6 Å². The van der Waals surface area contributed by atoms with E-state index >= 15 is 0 Å². The number of aromatic amines is 1. The standard InChI is InChI=1S/C12H17N5O2S/c13-9-6-10(8-11(7-9)20(14,18)19)15-3-1-2-12-16-4-5-17-12/h4-8,15H,1-3,13H2,(H,16,17)(H2,14,18,19). The highest BCUT2D eigenvalue weighted by atomic mass is 32.2. The first-order valence-electron chi connectivity index (χ1n) is 6.10. The quantitative estimate of drug-likeness (QED) is 0.460. The zero-order valence-electron chi connectivity index (χ0n) is 10.8. The number of sulfonamides is 1. The Morgan fingerprint density at radius 2 is 2.10 bits per heavy atom. The predicted molar refractivity (Wildman–Crippen MR) is 77.6 cm³/mol. The predicted octanol–water partition coefficient (Wildman–Crippen LogP) is 0.684. The van der Waals surface area contributed by atoms with Crippen molar-refractivity contribution in [1.82, 2.24) is 9.97 Å². The molecule has 108 valence electrons. The van der Waals surface area contributed by atoms with E-state index in [9.17, 15) is 8.42 Å². The van der Waals surface area contributed by atoms with Crippen molar-refractivity contribution in [2.45, 2.75) is 17.7 Å². The summed E-state index contributed by atoms with van der Waals surface area (Å²) >= 11 is 0. The molecule has 6 N–H and O–H groups in total. The first kappa shape index (κ1) is 14.4. The minimum absolute atomic E-state index is 0.00559. The fourth-order valence-corrected chi connectivity index (χ4v) is 2.40. The van der Waals surface area contributed by atoms with Crippen LogP contribution in [0, 0.1) is 0 Å². The number of rotatable bonds is 6. The van der Waals surface area contributed by atoms with Gasteiger partial charge in [0, 0.05) is 36.7 Å². The monoisotopic (exact) mass is 295 g/mol. The van der Waals surface area contributed by atoms with E-state index in [0.717, 1.165) is 18.7 Å². The van der Waals surface area contributed by atoms with E-state index in [1.165, 1.54) is 12.1 Å². The zero-order valence-corrected chi connectivity index (χ0v) is 11.7. The molecule has 0 aliphatic carbocycles. The Kier molecular flexibility index (Phi) is 4.26. The molecule has 0 aliphatic rings. The highest BCUT2D eigenvalue weighted by Gasteiger charge is 2.09. The molecule has 0 unspecified atom stereocenters. The lowest BCUT2D eigenvalue weighted by Gasteiger charge is -2.09. The third-order valence-corrected chi connectivity index (χ3v) is 3.62. The minimum atomic E-state index is -3.75. The van der Waals surface area contributed by atoms with Crippen molar-refractivity contribution in [3.8, 4) is 0 Å². The molecule has 20 heavy (non-hydrogen) atoms.